The Bertz CT molecular complexity index is 848. The lowest BCUT2D eigenvalue weighted by atomic mass is 10.2. The van der Waals surface area contributed by atoms with Crippen molar-refractivity contribution in [3.63, 3.8) is 0 Å². The topological polar surface area (TPSA) is 76.4 Å². The molecular formula is C21H26N6O. The van der Waals surface area contributed by atoms with E-state index in [1.165, 1.54) is 0 Å². The summed E-state index contributed by atoms with van der Waals surface area (Å²) < 4.78 is 7.71. The molecule has 2 heterocycles. The molecule has 0 saturated carbocycles. The lowest BCUT2D eigenvalue weighted by Crippen LogP contribution is -2.37. The summed E-state index contributed by atoms with van der Waals surface area (Å²) in [7, 11) is 1.77. The summed E-state index contributed by atoms with van der Waals surface area (Å²) >= 11 is 0. The molecule has 1 aromatic carbocycles. The Morgan fingerprint density at radius 1 is 1.07 bits per heavy atom. The molecule has 2 aromatic heterocycles. The zero-order valence-electron chi connectivity index (χ0n) is 16.1. The molecule has 0 fully saturated rings. The van der Waals surface area contributed by atoms with E-state index in [0.29, 0.717) is 19.0 Å². The van der Waals surface area contributed by atoms with Crippen molar-refractivity contribution in [2.24, 2.45) is 4.99 Å². The first-order chi connectivity index (χ1) is 13.8. The van der Waals surface area contributed by atoms with E-state index in [1.807, 2.05) is 59.4 Å². The molecule has 0 aliphatic heterocycles. The highest BCUT2D eigenvalue weighted by Gasteiger charge is 2.02. The van der Waals surface area contributed by atoms with Crippen LogP contribution in [0.25, 0.3) is 0 Å². The molecular weight excluding hydrogens is 352 g/mol. The third kappa shape index (κ3) is 6.42. The third-order valence-corrected chi connectivity index (χ3v) is 4.13. The van der Waals surface area contributed by atoms with Crippen molar-refractivity contribution in [3.8, 4) is 5.88 Å². The minimum Gasteiger partial charge on any atom is -0.473 e. The number of nitrogens with zero attached hydrogens (tertiary/aromatic N) is 4. The maximum Gasteiger partial charge on any atom is 0.213 e. The fourth-order valence-electron chi connectivity index (χ4n) is 2.66. The largest absolute Gasteiger partial charge is 0.473 e. The van der Waals surface area contributed by atoms with Crippen LogP contribution in [0, 0.1) is 0 Å². The van der Waals surface area contributed by atoms with E-state index in [1.54, 1.807) is 19.4 Å². The van der Waals surface area contributed by atoms with Crippen LogP contribution in [0.4, 0.5) is 0 Å². The van der Waals surface area contributed by atoms with Crippen molar-refractivity contribution in [1.82, 2.24) is 25.4 Å². The van der Waals surface area contributed by atoms with Gasteiger partial charge < -0.3 is 15.4 Å². The zero-order chi connectivity index (χ0) is 19.4. The molecule has 0 atom stereocenters. The number of nitrogens with one attached hydrogen (secondary N) is 2. The summed E-state index contributed by atoms with van der Waals surface area (Å²) in [6.07, 6.45) is 6.49. The van der Waals surface area contributed by atoms with Gasteiger partial charge in [0.15, 0.2) is 5.96 Å². The van der Waals surface area contributed by atoms with Crippen molar-refractivity contribution in [2.45, 2.75) is 26.1 Å². The molecule has 7 nitrogen and oxygen atoms in total. The number of pyridine rings is 1. The van der Waals surface area contributed by atoms with Crippen LogP contribution in [0.5, 0.6) is 5.88 Å². The molecule has 0 radical (unpaired) electrons. The molecule has 2 N–H and O–H groups in total. The first-order valence-electron chi connectivity index (χ1n) is 9.37. The monoisotopic (exact) mass is 378 g/mol. The fourth-order valence-corrected chi connectivity index (χ4v) is 2.66. The fraction of sp³-hybridized carbons (Fsp3) is 0.286. The van der Waals surface area contributed by atoms with E-state index in [-0.39, 0.29) is 0 Å². The minimum absolute atomic E-state index is 0.504. The van der Waals surface area contributed by atoms with E-state index in [9.17, 15) is 0 Å². The Kier molecular flexibility index (Phi) is 7.43. The number of hydrogen-bond donors (Lipinski definition) is 2. The molecule has 0 bridgehead atoms. The standard InChI is InChI=1S/C21H26N6O/c1-22-21(24-10-5-13-27-14-6-11-26-27)25-16-19-9-12-23-20(15-19)28-17-18-7-3-2-4-8-18/h2-4,6-9,11-12,14-15H,5,10,13,16-17H2,1H3,(H2,22,24,25). The number of aromatic nitrogens is 3. The van der Waals surface area contributed by atoms with Gasteiger partial charge in [-0.1, -0.05) is 30.3 Å². The molecule has 146 valence electrons. The molecule has 0 saturated heterocycles. The van der Waals surface area contributed by atoms with E-state index >= 15 is 0 Å². The van der Waals surface area contributed by atoms with E-state index in [2.05, 4.69) is 25.7 Å². The molecule has 3 rings (SSSR count). The van der Waals surface area contributed by atoms with Crippen molar-refractivity contribution in [2.75, 3.05) is 13.6 Å². The van der Waals surface area contributed by atoms with Crippen LogP contribution < -0.4 is 15.4 Å². The predicted octanol–water partition coefficient (Wildman–Crippen LogP) is 2.61. The van der Waals surface area contributed by atoms with Crippen LogP contribution in [0.2, 0.25) is 0 Å². The van der Waals surface area contributed by atoms with Gasteiger partial charge in [-0.2, -0.15) is 5.10 Å². The summed E-state index contributed by atoms with van der Waals surface area (Å²) in [4.78, 5) is 8.54. The van der Waals surface area contributed by atoms with Gasteiger partial charge in [-0.15, -0.1) is 0 Å². The van der Waals surface area contributed by atoms with Gasteiger partial charge in [0.2, 0.25) is 5.88 Å². The molecule has 3 aromatic rings. The average molecular weight is 378 g/mol. The number of hydrogen-bond acceptors (Lipinski definition) is 4. The summed E-state index contributed by atoms with van der Waals surface area (Å²) in [5, 5.41) is 10.8. The normalized spacial score (nSPS) is 11.2. The van der Waals surface area contributed by atoms with Gasteiger partial charge >= 0.3 is 0 Å². The van der Waals surface area contributed by atoms with Crippen molar-refractivity contribution in [3.05, 3.63) is 78.2 Å². The lowest BCUT2D eigenvalue weighted by Gasteiger charge is -2.12. The second kappa shape index (κ2) is 10.7. The highest BCUT2D eigenvalue weighted by Crippen LogP contribution is 2.11. The third-order valence-electron chi connectivity index (χ3n) is 4.13. The van der Waals surface area contributed by atoms with Crippen LogP contribution in [-0.4, -0.2) is 34.3 Å². The molecule has 7 heteroatoms. The zero-order valence-corrected chi connectivity index (χ0v) is 16.1. The van der Waals surface area contributed by atoms with Crippen molar-refractivity contribution < 1.29 is 4.74 Å². The number of ether oxygens (including phenoxy) is 1. The smallest absolute Gasteiger partial charge is 0.213 e. The van der Waals surface area contributed by atoms with Gasteiger partial charge in [0.1, 0.15) is 6.61 Å². The van der Waals surface area contributed by atoms with Crippen LogP contribution in [0.1, 0.15) is 17.5 Å². The van der Waals surface area contributed by atoms with Crippen LogP contribution >= 0.6 is 0 Å². The van der Waals surface area contributed by atoms with Crippen molar-refractivity contribution >= 4 is 5.96 Å². The highest BCUT2D eigenvalue weighted by atomic mass is 16.5. The Morgan fingerprint density at radius 3 is 2.75 bits per heavy atom. The maximum atomic E-state index is 5.79. The molecule has 0 amide bonds. The Balaban J connectivity index is 1.41. The lowest BCUT2D eigenvalue weighted by molar-refractivity contribution is 0.293. The second-order valence-corrected chi connectivity index (χ2v) is 6.25. The number of rotatable bonds is 9. The quantitative estimate of drug-likeness (QED) is 0.340. The number of benzene rings is 1. The van der Waals surface area contributed by atoms with E-state index in [0.717, 1.165) is 36.6 Å². The SMILES string of the molecule is CN=C(NCCCn1cccn1)NCc1ccnc(OCc2ccccc2)c1. The van der Waals surface area contributed by atoms with Gasteiger partial charge in [-0.25, -0.2) is 4.98 Å². The number of aliphatic imine (C=N–C) groups is 1. The summed E-state index contributed by atoms with van der Waals surface area (Å²) in [5.74, 6) is 1.38. The first-order valence-corrected chi connectivity index (χ1v) is 9.37. The maximum absolute atomic E-state index is 5.79. The average Bonchev–Trinajstić information content (AvgIpc) is 3.26. The summed E-state index contributed by atoms with van der Waals surface area (Å²) in [6.45, 7) is 2.85. The highest BCUT2D eigenvalue weighted by molar-refractivity contribution is 5.79. The molecule has 28 heavy (non-hydrogen) atoms. The molecule has 0 aliphatic carbocycles. The second-order valence-electron chi connectivity index (χ2n) is 6.25. The Labute approximate surface area is 165 Å². The molecule has 0 spiro atoms. The first kappa shape index (κ1) is 19.4. The van der Waals surface area contributed by atoms with Crippen LogP contribution in [0.3, 0.4) is 0 Å². The minimum atomic E-state index is 0.504. The van der Waals surface area contributed by atoms with Crippen molar-refractivity contribution in [1.29, 1.82) is 0 Å². The van der Waals surface area contributed by atoms with E-state index in [4.69, 9.17) is 4.74 Å². The van der Waals surface area contributed by atoms with Gasteiger partial charge in [-0.3, -0.25) is 9.67 Å². The predicted molar refractivity (Wildman–Crippen MR) is 110 cm³/mol. The van der Waals surface area contributed by atoms with Gasteiger partial charge in [0.25, 0.3) is 0 Å². The number of aryl methyl sites for hydroxylation is 1. The Morgan fingerprint density at radius 2 is 1.96 bits per heavy atom. The molecule has 0 unspecified atom stereocenters. The number of guanidine groups is 1. The van der Waals surface area contributed by atoms with Crippen LogP contribution in [0.15, 0.2) is 72.1 Å². The van der Waals surface area contributed by atoms with Gasteiger partial charge in [0, 0.05) is 51.3 Å². The van der Waals surface area contributed by atoms with Crippen LogP contribution in [-0.2, 0) is 19.7 Å². The molecule has 0 aliphatic rings. The Hall–Kier alpha value is -3.35. The summed E-state index contributed by atoms with van der Waals surface area (Å²) in [5.41, 5.74) is 2.20. The van der Waals surface area contributed by atoms with E-state index < -0.39 is 0 Å². The summed E-state index contributed by atoms with van der Waals surface area (Å²) in [6, 6.07) is 15.9. The van der Waals surface area contributed by atoms with Gasteiger partial charge in [-0.05, 0) is 29.7 Å². The van der Waals surface area contributed by atoms with Gasteiger partial charge in [0.05, 0.1) is 0 Å².